The SMILES string of the molecule is Cc1sc2nc1CC(=O)NC1(CCN(C(=O)COc3ccccc3)CC1)CC(=O)N1CCC(CC1)N1C[C@@H](NC3CCOCC3)C[C@H]1C(=O)N1CCC2CC1. The number of thiazole rings is 1. The minimum absolute atomic E-state index is 0.0315. The van der Waals surface area contributed by atoms with E-state index in [4.69, 9.17) is 14.5 Å². The second-order valence-corrected chi connectivity index (χ2v) is 17.9. The van der Waals surface area contributed by atoms with Crippen molar-refractivity contribution in [1.29, 1.82) is 0 Å². The number of amides is 4. The fourth-order valence-electron chi connectivity index (χ4n) is 9.80. The van der Waals surface area contributed by atoms with Gasteiger partial charge in [-0.2, -0.15) is 0 Å². The standard InChI is InChI=1S/C41H57N7O6S/c1-28-34-24-36(49)44-41(13-19-46(20-14-41)38(51)27-54-33-5-3-2-4-6-33)25-37(50)45-17-9-32(10-18-45)48-26-31(42-30-11-21-53-22-12-30)23-35(48)40(52)47-15-7-29(8-16-47)39(43-34)55-28/h2-6,29-32,35,42H,7-27H2,1H3,(H,44,49)/t31-,35-/m0/s1. The summed E-state index contributed by atoms with van der Waals surface area (Å²) in [5, 5.41) is 8.28. The molecule has 2 N–H and O–H groups in total. The topological polar surface area (TPSA) is 137 Å². The molecule has 8 aliphatic rings. The molecule has 6 bridgehead atoms. The highest BCUT2D eigenvalue weighted by Crippen LogP contribution is 2.36. The summed E-state index contributed by atoms with van der Waals surface area (Å²) in [6.07, 6.45) is 7.48. The molecular weight excluding hydrogens is 719 g/mol. The summed E-state index contributed by atoms with van der Waals surface area (Å²) in [6, 6.07) is 10.0. The number of hydrogen-bond donors (Lipinski definition) is 2. The average Bonchev–Trinajstić information content (AvgIpc) is 3.80. The van der Waals surface area contributed by atoms with Crippen LogP contribution in [0, 0.1) is 6.92 Å². The Kier molecular flexibility index (Phi) is 11.7. The molecule has 1 aromatic carbocycles. The number of aryl methyl sites for hydroxylation is 1. The molecule has 1 spiro atoms. The third-order valence-corrected chi connectivity index (χ3v) is 14.2. The highest BCUT2D eigenvalue weighted by molar-refractivity contribution is 7.11. The highest BCUT2D eigenvalue weighted by Gasteiger charge is 2.45. The fraction of sp³-hybridized carbons (Fsp3) is 0.683. The molecule has 5 fully saturated rings. The number of rotatable bonds is 5. The number of likely N-dealkylation sites (tertiary alicyclic amines) is 1. The van der Waals surface area contributed by atoms with Crippen molar-refractivity contribution in [3.8, 4) is 5.75 Å². The maximum atomic E-state index is 14.4. The van der Waals surface area contributed by atoms with Gasteiger partial charge in [0.25, 0.3) is 5.91 Å². The third-order valence-electron chi connectivity index (χ3n) is 13.1. The van der Waals surface area contributed by atoms with Gasteiger partial charge < -0.3 is 34.8 Å². The van der Waals surface area contributed by atoms with Crippen molar-refractivity contribution < 1.29 is 28.7 Å². The number of aromatic nitrogens is 1. The van der Waals surface area contributed by atoms with Gasteiger partial charge in [0.1, 0.15) is 5.75 Å². The van der Waals surface area contributed by atoms with Crippen molar-refractivity contribution in [1.82, 2.24) is 35.2 Å². The van der Waals surface area contributed by atoms with E-state index in [1.807, 2.05) is 42.2 Å². The number of piperidine rings is 3. The molecule has 298 valence electrons. The van der Waals surface area contributed by atoms with Gasteiger partial charge in [-0.1, -0.05) is 18.2 Å². The van der Waals surface area contributed by atoms with E-state index in [0.29, 0.717) is 63.9 Å². The van der Waals surface area contributed by atoms with E-state index in [0.717, 1.165) is 80.3 Å². The first-order valence-electron chi connectivity index (χ1n) is 20.6. The Labute approximate surface area is 328 Å². The van der Waals surface area contributed by atoms with Gasteiger partial charge in [0.2, 0.25) is 17.7 Å². The Morgan fingerprint density at radius 3 is 2.38 bits per heavy atom. The first-order chi connectivity index (χ1) is 26.7. The van der Waals surface area contributed by atoms with Crippen LogP contribution >= 0.6 is 11.3 Å². The van der Waals surface area contributed by atoms with E-state index in [1.165, 1.54) is 0 Å². The number of nitrogens with one attached hydrogen (secondary N) is 2. The lowest BCUT2D eigenvalue weighted by atomic mass is 9.83. The Balaban J connectivity index is 0.997. The molecule has 8 aliphatic heterocycles. The summed E-state index contributed by atoms with van der Waals surface area (Å²) >= 11 is 1.66. The van der Waals surface area contributed by atoms with Crippen LogP contribution in [0.2, 0.25) is 0 Å². The van der Waals surface area contributed by atoms with Gasteiger partial charge in [-0.3, -0.25) is 24.1 Å². The van der Waals surface area contributed by atoms with Crippen LogP contribution in [0.25, 0.3) is 0 Å². The Morgan fingerprint density at radius 1 is 0.945 bits per heavy atom. The average molecular weight is 776 g/mol. The summed E-state index contributed by atoms with van der Waals surface area (Å²) in [6.45, 7) is 7.91. The largest absolute Gasteiger partial charge is 0.484 e. The first kappa shape index (κ1) is 38.3. The van der Waals surface area contributed by atoms with Gasteiger partial charge in [-0.25, -0.2) is 4.98 Å². The van der Waals surface area contributed by atoms with Gasteiger partial charge in [-0.05, 0) is 76.8 Å². The second kappa shape index (κ2) is 16.9. The molecule has 2 atom stereocenters. The van der Waals surface area contributed by atoms with Gasteiger partial charge in [-0.15, -0.1) is 11.3 Å². The van der Waals surface area contributed by atoms with Crippen LogP contribution < -0.4 is 15.4 Å². The van der Waals surface area contributed by atoms with Crippen molar-refractivity contribution >= 4 is 35.0 Å². The van der Waals surface area contributed by atoms with Gasteiger partial charge in [0.15, 0.2) is 6.61 Å². The van der Waals surface area contributed by atoms with Crippen LogP contribution in [-0.4, -0.2) is 144 Å². The van der Waals surface area contributed by atoms with Crippen molar-refractivity contribution in [2.45, 2.75) is 113 Å². The Morgan fingerprint density at radius 2 is 1.65 bits per heavy atom. The zero-order chi connectivity index (χ0) is 37.9. The molecule has 0 unspecified atom stereocenters. The number of carbonyl (C=O) groups is 4. The molecule has 14 heteroatoms. The molecule has 10 rings (SSSR count). The van der Waals surface area contributed by atoms with E-state index in [9.17, 15) is 19.2 Å². The molecule has 55 heavy (non-hydrogen) atoms. The number of ether oxygens (including phenoxy) is 2. The van der Waals surface area contributed by atoms with E-state index in [1.54, 1.807) is 16.2 Å². The molecule has 0 saturated carbocycles. The van der Waals surface area contributed by atoms with Crippen LogP contribution in [0.1, 0.15) is 85.7 Å². The minimum atomic E-state index is -0.766. The molecular formula is C41H57N7O6S. The Hall–Kier alpha value is -3.59. The predicted octanol–water partition coefficient (Wildman–Crippen LogP) is 2.86. The van der Waals surface area contributed by atoms with Crippen LogP contribution in [0.15, 0.2) is 30.3 Å². The lowest BCUT2D eigenvalue weighted by Gasteiger charge is -2.44. The zero-order valence-corrected chi connectivity index (χ0v) is 33.0. The molecule has 1 aromatic heterocycles. The van der Waals surface area contributed by atoms with Gasteiger partial charge >= 0.3 is 0 Å². The van der Waals surface area contributed by atoms with E-state index < -0.39 is 5.54 Å². The van der Waals surface area contributed by atoms with Crippen molar-refractivity contribution in [3.05, 3.63) is 45.9 Å². The summed E-state index contributed by atoms with van der Waals surface area (Å²) in [4.78, 5) is 69.9. The van der Waals surface area contributed by atoms with Gasteiger partial charge in [0, 0.05) is 87.9 Å². The number of para-hydroxylation sites is 1. The van der Waals surface area contributed by atoms with Crippen molar-refractivity contribution in [3.63, 3.8) is 0 Å². The molecule has 13 nitrogen and oxygen atoms in total. The lowest BCUT2D eigenvalue weighted by Crippen LogP contribution is -2.59. The number of carbonyl (C=O) groups excluding carboxylic acids is 4. The maximum Gasteiger partial charge on any atom is 0.260 e. The number of fused-ring (bicyclic) bond motifs is 2. The summed E-state index contributed by atoms with van der Waals surface area (Å²) in [7, 11) is 0. The first-order valence-corrected chi connectivity index (χ1v) is 21.4. The Bertz CT molecular complexity index is 1680. The van der Waals surface area contributed by atoms with Crippen LogP contribution in [0.5, 0.6) is 5.75 Å². The van der Waals surface area contributed by atoms with Crippen LogP contribution in [0.3, 0.4) is 0 Å². The van der Waals surface area contributed by atoms with Crippen molar-refractivity contribution in [2.24, 2.45) is 0 Å². The molecule has 9 heterocycles. The number of nitrogens with zero attached hydrogens (tertiary/aromatic N) is 5. The van der Waals surface area contributed by atoms with E-state index in [2.05, 4.69) is 20.4 Å². The summed E-state index contributed by atoms with van der Waals surface area (Å²) in [5.74, 6) is 0.935. The van der Waals surface area contributed by atoms with E-state index in [-0.39, 0.29) is 67.1 Å². The minimum Gasteiger partial charge on any atom is -0.484 e. The lowest BCUT2D eigenvalue weighted by molar-refractivity contribution is -0.141. The van der Waals surface area contributed by atoms with E-state index >= 15 is 0 Å². The van der Waals surface area contributed by atoms with Crippen LogP contribution in [-0.2, 0) is 30.3 Å². The smallest absolute Gasteiger partial charge is 0.260 e. The molecule has 4 amide bonds. The number of hydrogen-bond acceptors (Lipinski definition) is 10. The normalized spacial score (nSPS) is 26.4. The molecule has 2 aromatic rings. The second-order valence-electron chi connectivity index (χ2n) is 16.6. The highest BCUT2D eigenvalue weighted by atomic mass is 32.1. The summed E-state index contributed by atoms with van der Waals surface area (Å²) in [5.41, 5.74) is 0.0159. The predicted molar refractivity (Wildman–Crippen MR) is 208 cm³/mol. The monoisotopic (exact) mass is 775 g/mol. The number of benzene rings is 1. The molecule has 5 saturated heterocycles. The quantitative estimate of drug-likeness (QED) is 0.470. The molecule has 0 aliphatic carbocycles. The fourth-order valence-corrected chi connectivity index (χ4v) is 10.9. The molecule has 0 radical (unpaired) electrons. The maximum absolute atomic E-state index is 14.4. The van der Waals surface area contributed by atoms with Gasteiger partial charge in [0.05, 0.1) is 35.1 Å². The third kappa shape index (κ3) is 8.87. The van der Waals surface area contributed by atoms with Crippen molar-refractivity contribution in [2.75, 3.05) is 65.6 Å². The zero-order valence-electron chi connectivity index (χ0n) is 32.2. The summed E-state index contributed by atoms with van der Waals surface area (Å²) < 4.78 is 11.4. The van der Waals surface area contributed by atoms with Crippen LogP contribution in [0.4, 0.5) is 0 Å².